The SMILES string of the molecule is O=S(=O)(NCc1cccc2ccccc12)C1CCNCC1. The van der Waals surface area contributed by atoms with Gasteiger partial charge in [0.2, 0.25) is 10.0 Å². The highest BCUT2D eigenvalue weighted by Gasteiger charge is 2.26. The van der Waals surface area contributed by atoms with Crippen molar-refractivity contribution in [3.05, 3.63) is 48.0 Å². The van der Waals surface area contributed by atoms with Crippen molar-refractivity contribution in [1.82, 2.24) is 10.0 Å². The average Bonchev–Trinajstić information content (AvgIpc) is 2.54. The number of hydrogen-bond acceptors (Lipinski definition) is 3. The predicted molar refractivity (Wildman–Crippen MR) is 85.6 cm³/mol. The van der Waals surface area contributed by atoms with Gasteiger partial charge in [0.1, 0.15) is 0 Å². The van der Waals surface area contributed by atoms with Crippen LogP contribution in [0.3, 0.4) is 0 Å². The highest BCUT2D eigenvalue weighted by molar-refractivity contribution is 7.90. The summed E-state index contributed by atoms with van der Waals surface area (Å²) in [5.41, 5.74) is 1.02. The maximum absolute atomic E-state index is 12.4. The van der Waals surface area contributed by atoms with Gasteiger partial charge in [0.05, 0.1) is 5.25 Å². The van der Waals surface area contributed by atoms with E-state index in [1.807, 2.05) is 42.5 Å². The van der Waals surface area contributed by atoms with Crippen LogP contribution in [0.15, 0.2) is 42.5 Å². The van der Waals surface area contributed by atoms with Crippen molar-refractivity contribution in [3.8, 4) is 0 Å². The molecule has 3 rings (SSSR count). The normalized spacial score (nSPS) is 17.1. The molecule has 0 aliphatic carbocycles. The van der Waals surface area contributed by atoms with Gasteiger partial charge in [-0.15, -0.1) is 0 Å². The van der Waals surface area contributed by atoms with E-state index in [0.717, 1.165) is 29.4 Å². The lowest BCUT2D eigenvalue weighted by Gasteiger charge is -2.23. The fourth-order valence-electron chi connectivity index (χ4n) is 2.85. The smallest absolute Gasteiger partial charge is 0.214 e. The van der Waals surface area contributed by atoms with Crippen LogP contribution in [0.25, 0.3) is 10.8 Å². The average molecular weight is 304 g/mol. The lowest BCUT2D eigenvalue weighted by Crippen LogP contribution is -2.41. The van der Waals surface area contributed by atoms with E-state index in [2.05, 4.69) is 10.0 Å². The van der Waals surface area contributed by atoms with Crippen LogP contribution in [0.2, 0.25) is 0 Å². The van der Waals surface area contributed by atoms with Gasteiger partial charge in [-0.3, -0.25) is 0 Å². The Kier molecular flexibility index (Phi) is 4.24. The van der Waals surface area contributed by atoms with Crippen molar-refractivity contribution in [2.45, 2.75) is 24.6 Å². The molecular formula is C16H20N2O2S. The number of sulfonamides is 1. The molecule has 1 fully saturated rings. The maximum Gasteiger partial charge on any atom is 0.214 e. The molecule has 5 heteroatoms. The van der Waals surface area contributed by atoms with Gasteiger partial charge in [0.25, 0.3) is 0 Å². The Morgan fingerprint density at radius 2 is 1.76 bits per heavy atom. The molecule has 1 aliphatic rings. The molecule has 0 atom stereocenters. The quantitative estimate of drug-likeness (QED) is 0.908. The first-order valence-corrected chi connectivity index (χ1v) is 8.87. The van der Waals surface area contributed by atoms with Gasteiger partial charge >= 0.3 is 0 Å². The van der Waals surface area contributed by atoms with Crippen molar-refractivity contribution in [3.63, 3.8) is 0 Å². The van der Waals surface area contributed by atoms with Crippen molar-refractivity contribution in [1.29, 1.82) is 0 Å². The summed E-state index contributed by atoms with van der Waals surface area (Å²) in [5.74, 6) is 0. The molecule has 2 aromatic rings. The summed E-state index contributed by atoms with van der Waals surface area (Å²) in [6, 6.07) is 14.0. The van der Waals surface area contributed by atoms with E-state index in [4.69, 9.17) is 0 Å². The molecule has 2 N–H and O–H groups in total. The van der Waals surface area contributed by atoms with Gasteiger partial charge in [-0.1, -0.05) is 42.5 Å². The summed E-state index contributed by atoms with van der Waals surface area (Å²) >= 11 is 0. The molecule has 21 heavy (non-hydrogen) atoms. The molecule has 4 nitrogen and oxygen atoms in total. The van der Waals surface area contributed by atoms with Crippen molar-refractivity contribution < 1.29 is 8.42 Å². The van der Waals surface area contributed by atoms with Gasteiger partial charge in [0.15, 0.2) is 0 Å². The molecule has 0 unspecified atom stereocenters. The van der Waals surface area contributed by atoms with E-state index >= 15 is 0 Å². The van der Waals surface area contributed by atoms with Gasteiger partial charge in [0, 0.05) is 6.54 Å². The summed E-state index contributed by atoms with van der Waals surface area (Å²) in [6.07, 6.45) is 1.37. The highest BCUT2D eigenvalue weighted by Crippen LogP contribution is 2.19. The molecule has 0 aromatic heterocycles. The first-order valence-electron chi connectivity index (χ1n) is 7.33. The number of piperidine rings is 1. The second kappa shape index (κ2) is 6.13. The number of benzene rings is 2. The van der Waals surface area contributed by atoms with Gasteiger partial charge < -0.3 is 5.32 Å². The third-order valence-electron chi connectivity index (χ3n) is 4.07. The minimum atomic E-state index is -3.24. The predicted octanol–water partition coefficient (Wildman–Crippen LogP) is 2.01. The molecule has 1 saturated heterocycles. The molecule has 0 saturated carbocycles. The van der Waals surface area contributed by atoms with E-state index < -0.39 is 10.0 Å². The van der Waals surface area contributed by atoms with Crippen LogP contribution >= 0.6 is 0 Å². The molecule has 1 aliphatic heterocycles. The lowest BCUT2D eigenvalue weighted by atomic mass is 10.1. The summed E-state index contributed by atoms with van der Waals surface area (Å²) < 4.78 is 27.5. The molecular weight excluding hydrogens is 284 g/mol. The number of rotatable bonds is 4. The fourth-order valence-corrected chi connectivity index (χ4v) is 4.30. The minimum absolute atomic E-state index is 0.270. The van der Waals surface area contributed by atoms with Crippen LogP contribution < -0.4 is 10.0 Å². The Bertz CT molecular complexity index is 717. The van der Waals surface area contributed by atoms with E-state index in [1.54, 1.807) is 0 Å². The topological polar surface area (TPSA) is 58.2 Å². The molecule has 112 valence electrons. The first-order chi connectivity index (χ1) is 10.2. The van der Waals surface area contributed by atoms with Crippen LogP contribution in [0.1, 0.15) is 18.4 Å². The standard InChI is InChI=1S/C16H20N2O2S/c19-21(20,15-8-10-17-11-9-15)18-12-14-6-3-5-13-4-1-2-7-16(13)14/h1-7,15,17-18H,8-12H2. The molecule has 1 heterocycles. The molecule has 0 amide bonds. The lowest BCUT2D eigenvalue weighted by molar-refractivity contribution is 0.489. The number of hydrogen-bond donors (Lipinski definition) is 2. The van der Waals surface area contributed by atoms with Gasteiger partial charge in [-0.25, -0.2) is 13.1 Å². The number of nitrogens with one attached hydrogen (secondary N) is 2. The van der Waals surface area contributed by atoms with Crippen molar-refractivity contribution in [2.24, 2.45) is 0 Å². The van der Waals surface area contributed by atoms with Crippen LogP contribution in [-0.4, -0.2) is 26.8 Å². The van der Waals surface area contributed by atoms with Crippen molar-refractivity contribution in [2.75, 3.05) is 13.1 Å². The third-order valence-corrected chi connectivity index (χ3v) is 5.96. The molecule has 0 bridgehead atoms. The highest BCUT2D eigenvalue weighted by atomic mass is 32.2. The Morgan fingerprint density at radius 3 is 2.57 bits per heavy atom. The number of fused-ring (bicyclic) bond motifs is 1. The summed E-state index contributed by atoms with van der Waals surface area (Å²) in [7, 11) is -3.24. The molecule has 0 spiro atoms. The Labute approximate surface area is 125 Å². The van der Waals surface area contributed by atoms with Crippen LogP contribution in [0.4, 0.5) is 0 Å². The zero-order valence-corrected chi connectivity index (χ0v) is 12.7. The Hall–Kier alpha value is -1.43. The second-order valence-electron chi connectivity index (χ2n) is 5.45. The zero-order chi connectivity index (χ0) is 14.7. The summed E-state index contributed by atoms with van der Waals surface area (Å²) in [4.78, 5) is 0. The minimum Gasteiger partial charge on any atom is -0.317 e. The van der Waals surface area contributed by atoms with E-state index in [0.29, 0.717) is 19.4 Å². The largest absolute Gasteiger partial charge is 0.317 e. The Morgan fingerprint density at radius 1 is 1.05 bits per heavy atom. The third kappa shape index (κ3) is 3.26. The van der Waals surface area contributed by atoms with E-state index in [-0.39, 0.29) is 5.25 Å². The summed E-state index contributed by atoms with van der Waals surface area (Å²) in [6.45, 7) is 1.91. The molecule has 0 radical (unpaired) electrons. The first kappa shape index (κ1) is 14.5. The second-order valence-corrected chi connectivity index (χ2v) is 7.50. The van der Waals surface area contributed by atoms with Crippen LogP contribution in [0, 0.1) is 0 Å². The maximum atomic E-state index is 12.4. The van der Waals surface area contributed by atoms with Crippen molar-refractivity contribution >= 4 is 20.8 Å². The monoisotopic (exact) mass is 304 g/mol. The fraction of sp³-hybridized carbons (Fsp3) is 0.375. The van der Waals surface area contributed by atoms with Crippen LogP contribution in [-0.2, 0) is 16.6 Å². The van der Waals surface area contributed by atoms with E-state index in [1.165, 1.54) is 0 Å². The molecule has 2 aromatic carbocycles. The Balaban J connectivity index is 1.77. The summed E-state index contributed by atoms with van der Waals surface area (Å²) in [5, 5.41) is 5.16. The van der Waals surface area contributed by atoms with Gasteiger partial charge in [-0.05, 0) is 42.3 Å². The van der Waals surface area contributed by atoms with Crippen LogP contribution in [0.5, 0.6) is 0 Å². The van der Waals surface area contributed by atoms with E-state index in [9.17, 15) is 8.42 Å². The van der Waals surface area contributed by atoms with Gasteiger partial charge in [-0.2, -0.15) is 0 Å². The zero-order valence-electron chi connectivity index (χ0n) is 11.9.